The molecule has 0 fully saturated rings. The number of rotatable bonds is 6. The summed E-state index contributed by atoms with van der Waals surface area (Å²) in [5.74, 6) is -0.974. The quantitative estimate of drug-likeness (QED) is 0.598. The topological polar surface area (TPSA) is 59.3 Å². The zero-order valence-electron chi connectivity index (χ0n) is 14.8. The average Bonchev–Trinajstić information content (AvgIpc) is 2.70. The number of nitrogens with zero attached hydrogens (tertiary/aromatic N) is 1. The third kappa shape index (κ3) is 4.71. The molecule has 1 N–H and O–H groups in total. The Balaban J connectivity index is 1.89. The molecule has 6 heteroatoms. The Labute approximate surface area is 172 Å². The molecule has 28 heavy (non-hydrogen) atoms. The van der Waals surface area contributed by atoms with E-state index in [2.05, 4.69) is 0 Å². The van der Waals surface area contributed by atoms with Crippen LogP contribution in [0.25, 0.3) is 12.2 Å². The van der Waals surface area contributed by atoms with Crippen LogP contribution in [0.2, 0.25) is 10.0 Å². The van der Waals surface area contributed by atoms with Crippen molar-refractivity contribution < 1.29 is 9.90 Å². The second-order valence-corrected chi connectivity index (χ2v) is 6.99. The number of halogens is 2. The van der Waals surface area contributed by atoms with E-state index in [0.717, 1.165) is 11.1 Å². The summed E-state index contributed by atoms with van der Waals surface area (Å²) in [6, 6.07) is 17.7. The van der Waals surface area contributed by atoms with E-state index in [4.69, 9.17) is 28.3 Å². The van der Waals surface area contributed by atoms with Gasteiger partial charge in [-0.25, -0.2) is 4.79 Å². The highest BCUT2D eigenvalue weighted by atomic mass is 35.5. The van der Waals surface area contributed by atoms with Gasteiger partial charge in [-0.3, -0.25) is 4.79 Å². The van der Waals surface area contributed by atoms with Crippen LogP contribution in [0.3, 0.4) is 0 Å². The fourth-order valence-corrected chi connectivity index (χ4v) is 3.34. The number of carbonyl (C=O) groups is 1. The molecule has 0 spiro atoms. The standard InChI is InChI=1S/C22H17Cl2NO3/c23-18-14-19(24)21(26)25(20(18)11-8-15-4-2-1-3-5-15)13-12-16-6-9-17(10-7-16)22(27)28/h1-11,14H,12-13H2,(H,27,28)/b11-8+. The lowest BCUT2D eigenvalue weighted by molar-refractivity contribution is 0.0697. The Kier molecular flexibility index (Phi) is 6.34. The molecule has 142 valence electrons. The molecule has 0 aliphatic heterocycles. The highest BCUT2D eigenvalue weighted by Crippen LogP contribution is 2.21. The van der Waals surface area contributed by atoms with Crippen LogP contribution in [0.15, 0.2) is 65.5 Å². The lowest BCUT2D eigenvalue weighted by atomic mass is 10.1. The summed E-state index contributed by atoms with van der Waals surface area (Å²) in [6.07, 6.45) is 4.21. The summed E-state index contributed by atoms with van der Waals surface area (Å²) in [4.78, 5) is 23.5. The fraction of sp³-hybridized carbons (Fsp3) is 0.0909. The normalized spacial score (nSPS) is 11.1. The predicted molar refractivity (Wildman–Crippen MR) is 113 cm³/mol. The van der Waals surface area contributed by atoms with Crippen molar-refractivity contribution in [2.24, 2.45) is 0 Å². The molecule has 0 aliphatic rings. The number of aromatic nitrogens is 1. The summed E-state index contributed by atoms with van der Waals surface area (Å²) in [7, 11) is 0. The van der Waals surface area contributed by atoms with Crippen LogP contribution in [0.4, 0.5) is 0 Å². The second-order valence-electron chi connectivity index (χ2n) is 6.18. The molecule has 0 radical (unpaired) electrons. The molecule has 0 bridgehead atoms. The number of pyridine rings is 1. The Morgan fingerprint density at radius 3 is 2.29 bits per heavy atom. The molecule has 2 aromatic carbocycles. The zero-order chi connectivity index (χ0) is 20.1. The predicted octanol–water partition coefficient (Wildman–Crippen LogP) is 5.27. The van der Waals surface area contributed by atoms with Gasteiger partial charge in [-0.2, -0.15) is 0 Å². The fourth-order valence-electron chi connectivity index (χ4n) is 2.80. The van der Waals surface area contributed by atoms with Crippen LogP contribution >= 0.6 is 23.2 Å². The Bertz CT molecular complexity index is 1070. The molecule has 3 aromatic rings. The van der Waals surface area contributed by atoms with E-state index in [9.17, 15) is 9.59 Å². The van der Waals surface area contributed by atoms with Crippen molar-refractivity contribution >= 4 is 41.3 Å². The minimum absolute atomic E-state index is 0.0584. The van der Waals surface area contributed by atoms with Crippen LogP contribution in [0.5, 0.6) is 0 Å². The van der Waals surface area contributed by atoms with Gasteiger partial charge in [0, 0.05) is 6.54 Å². The van der Waals surface area contributed by atoms with Crippen molar-refractivity contribution in [3.63, 3.8) is 0 Å². The maximum Gasteiger partial charge on any atom is 0.335 e. The number of benzene rings is 2. The molecular weight excluding hydrogens is 397 g/mol. The number of aromatic carboxylic acids is 1. The zero-order valence-corrected chi connectivity index (χ0v) is 16.3. The van der Waals surface area contributed by atoms with Gasteiger partial charge in [-0.05, 0) is 41.8 Å². The van der Waals surface area contributed by atoms with Crippen LogP contribution in [0, 0.1) is 0 Å². The first-order valence-corrected chi connectivity index (χ1v) is 9.35. The van der Waals surface area contributed by atoms with Gasteiger partial charge in [-0.15, -0.1) is 0 Å². The maximum absolute atomic E-state index is 12.6. The van der Waals surface area contributed by atoms with Crippen LogP contribution in [-0.2, 0) is 13.0 Å². The van der Waals surface area contributed by atoms with E-state index in [1.54, 1.807) is 30.3 Å². The van der Waals surface area contributed by atoms with Crippen LogP contribution < -0.4 is 5.56 Å². The minimum Gasteiger partial charge on any atom is -0.478 e. The third-order valence-corrected chi connectivity index (χ3v) is 4.87. The third-order valence-electron chi connectivity index (χ3n) is 4.30. The Hall–Kier alpha value is -2.82. The van der Waals surface area contributed by atoms with Crippen LogP contribution in [0.1, 0.15) is 27.2 Å². The van der Waals surface area contributed by atoms with Gasteiger partial charge in [0.15, 0.2) is 0 Å². The molecular formula is C22H17Cl2NO3. The molecule has 0 atom stereocenters. The molecule has 0 saturated heterocycles. The number of aryl methyl sites for hydroxylation is 1. The number of carboxylic acids is 1. The van der Waals surface area contributed by atoms with Crippen molar-refractivity contribution in [1.29, 1.82) is 0 Å². The molecule has 3 rings (SSSR count). The number of hydrogen-bond donors (Lipinski definition) is 1. The smallest absolute Gasteiger partial charge is 0.335 e. The van der Waals surface area contributed by atoms with Crippen molar-refractivity contribution in [3.05, 3.63) is 103 Å². The van der Waals surface area contributed by atoms with Gasteiger partial charge in [0.05, 0.1) is 16.3 Å². The largest absolute Gasteiger partial charge is 0.478 e. The van der Waals surface area contributed by atoms with Crippen molar-refractivity contribution in [1.82, 2.24) is 4.57 Å². The molecule has 0 aliphatic carbocycles. The second kappa shape index (κ2) is 8.91. The minimum atomic E-state index is -0.974. The summed E-state index contributed by atoms with van der Waals surface area (Å²) in [5.41, 5.74) is 2.36. The molecule has 0 unspecified atom stereocenters. The van der Waals surface area contributed by atoms with Gasteiger partial charge < -0.3 is 9.67 Å². The lowest BCUT2D eigenvalue weighted by Gasteiger charge is -2.13. The van der Waals surface area contributed by atoms with E-state index >= 15 is 0 Å². The van der Waals surface area contributed by atoms with Gasteiger partial charge in [0.1, 0.15) is 5.02 Å². The van der Waals surface area contributed by atoms with E-state index in [-0.39, 0.29) is 16.1 Å². The summed E-state index contributed by atoms with van der Waals surface area (Å²) >= 11 is 12.4. The maximum atomic E-state index is 12.6. The molecule has 1 heterocycles. The van der Waals surface area contributed by atoms with Crippen molar-refractivity contribution in [2.75, 3.05) is 0 Å². The summed E-state index contributed by atoms with van der Waals surface area (Å²) in [5, 5.41) is 9.43. The lowest BCUT2D eigenvalue weighted by Crippen LogP contribution is -2.24. The van der Waals surface area contributed by atoms with E-state index in [1.807, 2.05) is 36.4 Å². The molecule has 1 aromatic heterocycles. The highest BCUT2D eigenvalue weighted by Gasteiger charge is 2.11. The Morgan fingerprint density at radius 2 is 1.64 bits per heavy atom. The van der Waals surface area contributed by atoms with Gasteiger partial charge in [0.25, 0.3) is 5.56 Å². The van der Waals surface area contributed by atoms with Gasteiger partial charge in [0.2, 0.25) is 0 Å². The van der Waals surface area contributed by atoms with Crippen molar-refractivity contribution in [2.45, 2.75) is 13.0 Å². The number of carboxylic acid groups (broad SMARTS) is 1. The summed E-state index contributed by atoms with van der Waals surface area (Å²) < 4.78 is 1.54. The highest BCUT2D eigenvalue weighted by molar-refractivity contribution is 6.35. The van der Waals surface area contributed by atoms with Crippen molar-refractivity contribution in [3.8, 4) is 0 Å². The Morgan fingerprint density at radius 1 is 0.964 bits per heavy atom. The first kappa shape index (κ1) is 19.9. The monoisotopic (exact) mass is 413 g/mol. The molecule has 0 saturated carbocycles. The van der Waals surface area contributed by atoms with Crippen LogP contribution in [-0.4, -0.2) is 15.6 Å². The van der Waals surface area contributed by atoms with Gasteiger partial charge >= 0.3 is 5.97 Å². The first-order valence-electron chi connectivity index (χ1n) is 8.60. The summed E-state index contributed by atoms with van der Waals surface area (Å²) in [6.45, 7) is 0.361. The SMILES string of the molecule is O=C(O)c1ccc(CCn2c(/C=C/c3ccccc3)c(Cl)cc(Cl)c2=O)cc1. The first-order chi connectivity index (χ1) is 13.5. The average molecular weight is 414 g/mol. The molecule has 4 nitrogen and oxygen atoms in total. The number of hydrogen-bond acceptors (Lipinski definition) is 2. The molecule has 0 amide bonds. The van der Waals surface area contributed by atoms with E-state index in [0.29, 0.717) is 23.7 Å². The van der Waals surface area contributed by atoms with E-state index in [1.165, 1.54) is 10.6 Å². The van der Waals surface area contributed by atoms with E-state index < -0.39 is 5.97 Å². The van der Waals surface area contributed by atoms with Gasteiger partial charge in [-0.1, -0.05) is 71.7 Å².